The van der Waals surface area contributed by atoms with E-state index in [-0.39, 0.29) is 70.3 Å². The van der Waals surface area contributed by atoms with Crippen molar-refractivity contribution in [3.63, 3.8) is 0 Å². The summed E-state index contributed by atoms with van der Waals surface area (Å²) in [5, 5.41) is 18.1. The number of aromatic nitrogens is 6. The van der Waals surface area contributed by atoms with Gasteiger partial charge in [0.25, 0.3) is 20.2 Å². The quantitative estimate of drug-likeness (QED) is 0.0392. The lowest BCUT2D eigenvalue weighted by atomic mass is 10.1. The van der Waals surface area contributed by atoms with Crippen LogP contribution in [0.3, 0.4) is 0 Å². The minimum Gasteiger partial charge on any atom is -0.352 e. The van der Waals surface area contributed by atoms with Gasteiger partial charge in [0, 0.05) is 47.9 Å². The van der Waals surface area contributed by atoms with Gasteiger partial charge in [-0.25, -0.2) is 0 Å². The SMILES string of the molecule is CC(N)CNc1nc(Nc2ccccc2)nc(Nc2ccc(/C=C/c3ccc(Nc4nc(NCC(C)N)nc(Nc5ccccc5)n4)cc3S(=O)(=O)O)c(S(=O)(=O)O)c2)n1. The molecule has 4 aromatic carbocycles. The summed E-state index contributed by atoms with van der Waals surface area (Å²) >= 11 is 0. The molecule has 0 saturated carbocycles. The number of rotatable bonds is 18. The molecule has 2 atom stereocenters. The number of hydrogen-bond acceptors (Lipinski definition) is 18. The van der Waals surface area contributed by atoms with E-state index < -0.39 is 30.0 Å². The molecule has 0 amide bonds. The fourth-order valence-electron chi connectivity index (χ4n) is 5.32. The van der Waals surface area contributed by atoms with Gasteiger partial charge in [0.15, 0.2) is 0 Å². The van der Waals surface area contributed by atoms with Gasteiger partial charge >= 0.3 is 0 Å². The largest absolute Gasteiger partial charge is 0.352 e. The van der Waals surface area contributed by atoms with Gasteiger partial charge < -0.3 is 43.4 Å². The highest BCUT2D eigenvalue weighted by molar-refractivity contribution is 7.86. The van der Waals surface area contributed by atoms with Crippen LogP contribution in [0, 0.1) is 0 Å². The van der Waals surface area contributed by atoms with E-state index in [1.165, 1.54) is 36.4 Å². The molecule has 12 N–H and O–H groups in total. The average Bonchev–Trinajstić information content (AvgIpc) is 3.19. The molecule has 0 saturated heterocycles. The number of nitrogens with zero attached hydrogens (tertiary/aromatic N) is 6. The van der Waals surface area contributed by atoms with Crippen LogP contribution in [0.25, 0.3) is 12.2 Å². The van der Waals surface area contributed by atoms with E-state index in [9.17, 15) is 25.9 Å². The number of hydrogen-bond donors (Lipinski definition) is 10. The summed E-state index contributed by atoms with van der Waals surface area (Å²) in [5.41, 5.74) is 13.5. The van der Waals surface area contributed by atoms with Gasteiger partial charge in [0.1, 0.15) is 9.79 Å². The highest BCUT2D eigenvalue weighted by Gasteiger charge is 2.19. The molecule has 6 aromatic rings. The van der Waals surface area contributed by atoms with E-state index in [0.29, 0.717) is 24.5 Å². The molecule has 20 nitrogen and oxygen atoms in total. The number of anilines is 10. The molecule has 0 radical (unpaired) electrons. The molecule has 22 heteroatoms. The van der Waals surface area contributed by atoms with Crippen LogP contribution < -0.4 is 43.4 Å². The van der Waals surface area contributed by atoms with Gasteiger partial charge in [-0.2, -0.15) is 46.7 Å². The normalized spacial score (nSPS) is 12.7. The first kappa shape index (κ1) is 42.8. The molecule has 2 unspecified atom stereocenters. The van der Waals surface area contributed by atoms with Crippen molar-refractivity contribution in [1.29, 1.82) is 0 Å². The molecule has 2 heterocycles. The molecule has 0 aliphatic rings. The first-order valence-corrected chi connectivity index (χ1v) is 21.1. The minimum absolute atomic E-state index is 0.0108. The second kappa shape index (κ2) is 18.8. The Morgan fingerprint density at radius 1 is 0.500 bits per heavy atom. The van der Waals surface area contributed by atoms with E-state index in [2.05, 4.69) is 61.8 Å². The first-order valence-electron chi connectivity index (χ1n) is 18.2. The van der Waals surface area contributed by atoms with Crippen molar-refractivity contribution in [3.8, 4) is 0 Å². The van der Waals surface area contributed by atoms with Crippen LogP contribution in [0.1, 0.15) is 25.0 Å². The van der Waals surface area contributed by atoms with Crippen molar-refractivity contribution >= 4 is 90.8 Å². The lowest BCUT2D eigenvalue weighted by Crippen LogP contribution is -2.26. The van der Waals surface area contributed by atoms with Crippen molar-refractivity contribution < 1.29 is 25.9 Å². The van der Waals surface area contributed by atoms with Crippen LogP contribution in [0.15, 0.2) is 107 Å². The van der Waals surface area contributed by atoms with E-state index >= 15 is 0 Å². The molecule has 60 heavy (non-hydrogen) atoms. The van der Waals surface area contributed by atoms with Gasteiger partial charge in [0.05, 0.1) is 0 Å². The Balaban J connectivity index is 1.27. The van der Waals surface area contributed by atoms with Gasteiger partial charge in [-0.1, -0.05) is 60.7 Å². The second-order valence-corrected chi connectivity index (χ2v) is 16.1. The van der Waals surface area contributed by atoms with Gasteiger partial charge in [-0.05, 0) is 73.5 Å². The lowest BCUT2D eigenvalue weighted by Gasteiger charge is -2.13. The van der Waals surface area contributed by atoms with Gasteiger partial charge in [0.2, 0.25) is 35.7 Å². The van der Waals surface area contributed by atoms with Crippen LogP contribution in [-0.2, 0) is 20.2 Å². The standard InChI is InChI=1S/C38H42N14O6S2/c1-23(39)21-41-33-47-35(43-27-9-5-3-6-10-27)51-37(49-33)45-29-17-15-25(31(19-29)59(53,54)55)13-14-26-16-18-30(20-32(26)60(56,57)58)46-38-50-34(42-22-24(2)40)48-36(52-38)44-28-11-7-4-8-12-28/h3-20,23-24H,21-22,39-40H2,1-2H3,(H,53,54,55)(H,56,57,58)(H3,41,43,45,47,49,51)(H3,42,44,46,48,50,52)/b14-13+. The van der Waals surface area contributed by atoms with Crippen LogP contribution in [-0.4, -0.2) is 81.0 Å². The molecule has 0 bridgehead atoms. The van der Waals surface area contributed by atoms with Crippen LogP contribution in [0.5, 0.6) is 0 Å². The predicted octanol–water partition coefficient (Wildman–Crippen LogP) is 5.21. The van der Waals surface area contributed by atoms with E-state index in [0.717, 1.165) is 12.1 Å². The summed E-state index contributed by atoms with van der Waals surface area (Å²) in [5.74, 6) is 0.786. The maximum absolute atomic E-state index is 12.6. The Kier molecular flexibility index (Phi) is 13.4. The first-order chi connectivity index (χ1) is 28.6. The number of para-hydroxylation sites is 2. The molecule has 0 aliphatic heterocycles. The third-order valence-corrected chi connectivity index (χ3v) is 9.85. The summed E-state index contributed by atoms with van der Waals surface area (Å²) in [6.07, 6.45) is 2.55. The fraction of sp³-hybridized carbons (Fsp3) is 0.158. The molecular formula is C38H42N14O6S2. The third-order valence-electron chi connectivity index (χ3n) is 8.03. The smallest absolute Gasteiger partial charge is 0.295 e. The summed E-state index contributed by atoms with van der Waals surface area (Å²) in [4.78, 5) is 25.2. The lowest BCUT2D eigenvalue weighted by molar-refractivity contribution is 0.480. The molecule has 0 aliphatic carbocycles. The fourth-order valence-corrected chi connectivity index (χ4v) is 6.74. The summed E-state index contributed by atoms with van der Waals surface area (Å²) in [6.45, 7) is 4.30. The zero-order valence-electron chi connectivity index (χ0n) is 32.1. The van der Waals surface area contributed by atoms with E-state index in [1.807, 2.05) is 60.7 Å². The number of nitrogens with one attached hydrogen (secondary N) is 6. The third kappa shape index (κ3) is 12.3. The summed E-state index contributed by atoms with van der Waals surface area (Å²) in [6, 6.07) is 25.9. The van der Waals surface area contributed by atoms with Crippen molar-refractivity contribution in [2.45, 2.75) is 35.7 Å². The van der Waals surface area contributed by atoms with Gasteiger partial charge in [-0.3, -0.25) is 9.11 Å². The number of nitrogens with two attached hydrogens (primary N) is 2. The Labute approximate surface area is 346 Å². The highest BCUT2D eigenvalue weighted by atomic mass is 32.2. The Bertz CT molecular complexity index is 2510. The van der Waals surface area contributed by atoms with E-state index in [4.69, 9.17) is 11.5 Å². The van der Waals surface area contributed by atoms with Crippen molar-refractivity contribution in [2.24, 2.45) is 11.5 Å². The highest BCUT2D eigenvalue weighted by Crippen LogP contribution is 2.29. The topological polar surface area (TPSA) is 310 Å². The second-order valence-electron chi connectivity index (χ2n) is 13.3. The molecule has 2 aromatic heterocycles. The zero-order chi connectivity index (χ0) is 42.9. The Hall–Kier alpha value is -6.82. The maximum Gasteiger partial charge on any atom is 0.295 e. The summed E-state index contributed by atoms with van der Waals surface area (Å²) in [7, 11) is -9.68. The van der Waals surface area contributed by atoms with E-state index in [1.54, 1.807) is 13.8 Å². The van der Waals surface area contributed by atoms with Crippen molar-refractivity contribution in [3.05, 3.63) is 108 Å². The average molecular weight is 855 g/mol. The number of benzene rings is 4. The van der Waals surface area contributed by atoms with Crippen LogP contribution in [0.2, 0.25) is 0 Å². The van der Waals surface area contributed by atoms with Crippen LogP contribution >= 0.6 is 0 Å². The summed E-state index contributed by atoms with van der Waals surface area (Å²) < 4.78 is 71.0. The Morgan fingerprint density at radius 2 is 0.817 bits per heavy atom. The zero-order valence-corrected chi connectivity index (χ0v) is 33.8. The Morgan fingerprint density at radius 3 is 1.13 bits per heavy atom. The molecule has 0 spiro atoms. The molecular weight excluding hydrogens is 813 g/mol. The van der Waals surface area contributed by atoms with Crippen LogP contribution in [0.4, 0.5) is 58.4 Å². The minimum atomic E-state index is -4.84. The molecule has 312 valence electrons. The molecule has 0 fully saturated rings. The monoisotopic (exact) mass is 854 g/mol. The van der Waals surface area contributed by atoms with Crippen molar-refractivity contribution in [1.82, 2.24) is 29.9 Å². The maximum atomic E-state index is 12.6. The molecule has 6 rings (SSSR count). The van der Waals surface area contributed by atoms with Crippen molar-refractivity contribution in [2.75, 3.05) is 45.0 Å². The predicted molar refractivity (Wildman–Crippen MR) is 231 cm³/mol. The van der Waals surface area contributed by atoms with Gasteiger partial charge in [-0.15, -0.1) is 0 Å².